The highest BCUT2D eigenvalue weighted by atomic mass is 35.5. The van der Waals surface area contributed by atoms with Gasteiger partial charge in [0.25, 0.3) is 0 Å². The summed E-state index contributed by atoms with van der Waals surface area (Å²) in [4.78, 5) is 12.6. The number of amides is 1. The van der Waals surface area contributed by atoms with Crippen molar-refractivity contribution < 1.29 is 4.79 Å². The zero-order valence-corrected chi connectivity index (χ0v) is 15.8. The largest absolute Gasteiger partial charge is 0.349 e. The van der Waals surface area contributed by atoms with E-state index in [4.69, 9.17) is 11.6 Å². The zero-order chi connectivity index (χ0) is 16.9. The molecular weight excluding hydrogens is 355 g/mol. The summed E-state index contributed by atoms with van der Waals surface area (Å²) in [5, 5.41) is 7.21. The van der Waals surface area contributed by atoms with E-state index in [1.165, 1.54) is 0 Å². The van der Waals surface area contributed by atoms with Crippen LogP contribution in [0.1, 0.15) is 24.1 Å². The van der Waals surface area contributed by atoms with Crippen LogP contribution in [-0.4, -0.2) is 19.0 Å². The van der Waals surface area contributed by atoms with Gasteiger partial charge in [-0.2, -0.15) is 0 Å². The normalized spacial score (nSPS) is 16.2. The highest BCUT2D eigenvalue weighted by molar-refractivity contribution is 6.30. The summed E-state index contributed by atoms with van der Waals surface area (Å²) in [7, 11) is 0. The number of halogens is 2. The van der Waals surface area contributed by atoms with E-state index in [-0.39, 0.29) is 30.3 Å². The Morgan fingerprint density at radius 1 is 1.16 bits per heavy atom. The number of benzene rings is 2. The summed E-state index contributed by atoms with van der Waals surface area (Å²) >= 11 is 5.97. The smallest absolute Gasteiger partial charge is 0.223 e. The number of carbonyl (C=O) groups is 1. The number of nitrogens with one attached hydrogen (secondary N) is 2. The maximum absolute atomic E-state index is 12.6. The van der Waals surface area contributed by atoms with Gasteiger partial charge < -0.3 is 10.6 Å². The first-order chi connectivity index (χ1) is 11.6. The van der Waals surface area contributed by atoms with Crippen molar-refractivity contribution in [3.05, 3.63) is 70.7 Å². The van der Waals surface area contributed by atoms with Gasteiger partial charge in [0.05, 0.1) is 6.04 Å². The minimum atomic E-state index is -0.0321. The summed E-state index contributed by atoms with van der Waals surface area (Å²) in [6.45, 7) is 3.88. The second-order valence-electron chi connectivity index (χ2n) is 6.51. The Balaban J connectivity index is 0.00000225. The van der Waals surface area contributed by atoms with Crippen molar-refractivity contribution in [2.75, 3.05) is 13.1 Å². The van der Waals surface area contributed by atoms with E-state index in [0.717, 1.165) is 35.7 Å². The van der Waals surface area contributed by atoms with Crippen molar-refractivity contribution in [3.8, 4) is 0 Å². The van der Waals surface area contributed by atoms with E-state index < -0.39 is 0 Å². The topological polar surface area (TPSA) is 41.1 Å². The predicted molar refractivity (Wildman–Crippen MR) is 105 cm³/mol. The SMILES string of the molecule is CC(C(=O)NC(Cc1ccc(Cl)cc1)c1ccccc1)C1CNC1.Cl. The molecule has 2 N–H and O–H groups in total. The Morgan fingerprint density at radius 2 is 1.80 bits per heavy atom. The average Bonchev–Trinajstić information content (AvgIpc) is 2.55. The molecule has 0 spiro atoms. The molecular formula is C20H24Cl2N2O. The van der Waals surface area contributed by atoms with Crippen LogP contribution in [0.15, 0.2) is 54.6 Å². The Kier molecular flexibility index (Phi) is 7.30. The van der Waals surface area contributed by atoms with E-state index in [1.54, 1.807) is 0 Å². The van der Waals surface area contributed by atoms with Crippen LogP contribution in [0, 0.1) is 11.8 Å². The number of hydrogen-bond donors (Lipinski definition) is 2. The Labute approximate surface area is 160 Å². The van der Waals surface area contributed by atoms with E-state index >= 15 is 0 Å². The minimum absolute atomic E-state index is 0. The van der Waals surface area contributed by atoms with Gasteiger partial charge in [0.2, 0.25) is 5.91 Å². The Morgan fingerprint density at radius 3 is 2.36 bits per heavy atom. The van der Waals surface area contributed by atoms with Gasteiger partial charge >= 0.3 is 0 Å². The molecule has 134 valence electrons. The molecule has 1 fully saturated rings. The van der Waals surface area contributed by atoms with Gasteiger partial charge in [-0.05, 0) is 48.7 Å². The van der Waals surface area contributed by atoms with Gasteiger partial charge in [-0.1, -0.05) is 61.0 Å². The van der Waals surface area contributed by atoms with E-state index in [0.29, 0.717) is 5.92 Å². The van der Waals surface area contributed by atoms with Crippen molar-refractivity contribution in [2.24, 2.45) is 11.8 Å². The van der Waals surface area contributed by atoms with Crippen LogP contribution in [0.2, 0.25) is 5.02 Å². The molecule has 25 heavy (non-hydrogen) atoms. The van der Waals surface area contributed by atoms with Crippen LogP contribution in [0.3, 0.4) is 0 Å². The molecule has 2 aromatic carbocycles. The highest BCUT2D eigenvalue weighted by Gasteiger charge is 2.30. The molecule has 1 aliphatic heterocycles. The number of rotatable bonds is 6. The molecule has 1 aliphatic rings. The summed E-state index contributed by atoms with van der Waals surface area (Å²) < 4.78 is 0. The molecule has 0 radical (unpaired) electrons. The molecule has 2 unspecified atom stereocenters. The van der Waals surface area contributed by atoms with E-state index in [2.05, 4.69) is 22.8 Å². The Hall–Kier alpha value is -1.55. The quantitative estimate of drug-likeness (QED) is 0.796. The maximum atomic E-state index is 12.6. The first-order valence-electron chi connectivity index (χ1n) is 8.44. The lowest BCUT2D eigenvalue weighted by Crippen LogP contribution is -2.50. The molecule has 2 aromatic rings. The fourth-order valence-electron chi connectivity index (χ4n) is 2.98. The molecule has 2 atom stereocenters. The molecule has 5 heteroatoms. The summed E-state index contributed by atoms with van der Waals surface area (Å²) in [6, 6.07) is 17.9. The van der Waals surface area contributed by atoms with Crippen molar-refractivity contribution >= 4 is 29.9 Å². The lowest BCUT2D eigenvalue weighted by atomic mass is 9.87. The lowest BCUT2D eigenvalue weighted by molar-refractivity contribution is -0.127. The second kappa shape index (κ2) is 9.23. The molecule has 1 amide bonds. The summed E-state index contributed by atoms with van der Waals surface area (Å²) in [6.07, 6.45) is 0.753. The molecule has 0 bridgehead atoms. The van der Waals surface area contributed by atoms with Gasteiger partial charge in [-0.15, -0.1) is 12.4 Å². The van der Waals surface area contributed by atoms with Crippen LogP contribution < -0.4 is 10.6 Å². The third kappa shape index (κ3) is 5.21. The van der Waals surface area contributed by atoms with Gasteiger partial charge in [-0.3, -0.25) is 4.79 Å². The van der Waals surface area contributed by atoms with Crippen LogP contribution in [0.5, 0.6) is 0 Å². The molecule has 1 heterocycles. The zero-order valence-electron chi connectivity index (χ0n) is 14.2. The second-order valence-corrected chi connectivity index (χ2v) is 6.95. The third-order valence-electron chi connectivity index (χ3n) is 4.81. The van der Waals surface area contributed by atoms with Gasteiger partial charge in [0.1, 0.15) is 0 Å². The van der Waals surface area contributed by atoms with Crippen LogP contribution in [0.4, 0.5) is 0 Å². The van der Waals surface area contributed by atoms with Crippen molar-refractivity contribution in [2.45, 2.75) is 19.4 Å². The van der Waals surface area contributed by atoms with Crippen molar-refractivity contribution in [3.63, 3.8) is 0 Å². The van der Waals surface area contributed by atoms with Gasteiger partial charge in [0.15, 0.2) is 0 Å². The maximum Gasteiger partial charge on any atom is 0.223 e. The minimum Gasteiger partial charge on any atom is -0.349 e. The predicted octanol–water partition coefficient (Wildman–Crippen LogP) is 4.02. The van der Waals surface area contributed by atoms with E-state index in [9.17, 15) is 4.79 Å². The van der Waals surface area contributed by atoms with Crippen LogP contribution in [-0.2, 0) is 11.2 Å². The molecule has 0 aliphatic carbocycles. The van der Waals surface area contributed by atoms with Gasteiger partial charge in [-0.25, -0.2) is 0 Å². The van der Waals surface area contributed by atoms with Gasteiger partial charge in [0, 0.05) is 10.9 Å². The van der Waals surface area contributed by atoms with Crippen molar-refractivity contribution in [1.29, 1.82) is 0 Å². The van der Waals surface area contributed by atoms with E-state index in [1.807, 2.05) is 49.4 Å². The molecule has 3 rings (SSSR count). The number of hydrogen-bond acceptors (Lipinski definition) is 2. The molecule has 1 saturated heterocycles. The number of carbonyl (C=O) groups excluding carboxylic acids is 1. The third-order valence-corrected chi connectivity index (χ3v) is 5.06. The standard InChI is InChI=1S/C20H23ClN2O.ClH/c1-14(17-12-22-13-17)20(24)23-19(16-5-3-2-4-6-16)11-15-7-9-18(21)10-8-15;/h2-10,14,17,19,22H,11-13H2,1H3,(H,23,24);1H. The highest BCUT2D eigenvalue weighted by Crippen LogP contribution is 2.22. The monoisotopic (exact) mass is 378 g/mol. The van der Waals surface area contributed by atoms with Crippen LogP contribution >= 0.6 is 24.0 Å². The summed E-state index contributed by atoms with van der Waals surface area (Å²) in [5.74, 6) is 0.601. The fraction of sp³-hybridized carbons (Fsp3) is 0.350. The fourth-order valence-corrected chi connectivity index (χ4v) is 3.10. The Bertz CT molecular complexity index is 672. The first kappa shape index (κ1) is 19.8. The first-order valence-corrected chi connectivity index (χ1v) is 8.82. The van der Waals surface area contributed by atoms with Crippen LogP contribution in [0.25, 0.3) is 0 Å². The lowest BCUT2D eigenvalue weighted by Gasteiger charge is -2.33. The van der Waals surface area contributed by atoms with Crippen molar-refractivity contribution in [1.82, 2.24) is 10.6 Å². The average molecular weight is 379 g/mol. The molecule has 3 nitrogen and oxygen atoms in total. The molecule has 0 aromatic heterocycles. The molecule has 0 saturated carbocycles. The summed E-state index contributed by atoms with van der Waals surface area (Å²) in [5.41, 5.74) is 2.28.